The van der Waals surface area contributed by atoms with Crippen molar-refractivity contribution < 1.29 is 4.79 Å². The van der Waals surface area contributed by atoms with Crippen molar-refractivity contribution in [3.05, 3.63) is 90.4 Å². The zero-order valence-electron chi connectivity index (χ0n) is 22.1. The lowest BCUT2D eigenvalue weighted by atomic mass is 9.97. The number of nitrogens with zero attached hydrogens (tertiary/aromatic N) is 4. The highest BCUT2D eigenvalue weighted by atomic mass is 16.1. The second-order valence-corrected chi connectivity index (χ2v) is 10.1. The molecule has 1 aliphatic rings. The molecule has 0 atom stereocenters. The normalized spacial score (nSPS) is 14.0. The number of primary amides is 1. The van der Waals surface area contributed by atoms with Gasteiger partial charge in [-0.25, -0.2) is 4.98 Å². The Morgan fingerprint density at radius 3 is 2.39 bits per heavy atom. The number of unbranched alkanes of at least 4 members (excludes halogenated alkanes) is 3. The molecule has 0 bridgehead atoms. The summed E-state index contributed by atoms with van der Waals surface area (Å²) in [5, 5.41) is 0. The number of para-hydroxylation sites is 1. The molecular formula is C32H37N5O. The number of rotatable bonds is 11. The van der Waals surface area contributed by atoms with Gasteiger partial charge in [-0.1, -0.05) is 55.7 Å². The van der Waals surface area contributed by atoms with Crippen molar-refractivity contribution in [1.29, 1.82) is 0 Å². The van der Waals surface area contributed by atoms with E-state index in [9.17, 15) is 4.79 Å². The molecule has 0 unspecified atom stereocenters. The molecule has 6 nitrogen and oxygen atoms in total. The maximum absolute atomic E-state index is 12.6. The minimum Gasteiger partial charge on any atom is -0.366 e. The highest BCUT2D eigenvalue weighted by Gasteiger charge is 2.22. The van der Waals surface area contributed by atoms with Crippen LogP contribution >= 0.6 is 0 Å². The zero-order chi connectivity index (χ0) is 26.2. The number of hydrogen-bond donors (Lipinski definition) is 1. The summed E-state index contributed by atoms with van der Waals surface area (Å²) in [6.07, 6.45) is 13.7. The standard InChI is InChI=1S/C32H37N5O/c33-31(38)28-18-13-17-27(29-19-8-9-20-34-29)30(28)32-35-25(24-37(32)26-15-6-3-7-16-26)14-5-1-2-10-21-36-22-11-4-12-23-36/h3,6-9,13,15-20,24H,1-2,4-5,10-12,14,21-23H2,(H2,33,38). The van der Waals surface area contributed by atoms with Crippen molar-refractivity contribution >= 4 is 5.91 Å². The molecule has 2 aromatic carbocycles. The smallest absolute Gasteiger partial charge is 0.249 e. The molecule has 3 heterocycles. The average Bonchev–Trinajstić information content (AvgIpc) is 3.40. The third kappa shape index (κ3) is 6.20. The Balaban J connectivity index is 1.40. The fraction of sp³-hybridized carbons (Fsp3) is 0.344. The van der Waals surface area contributed by atoms with E-state index in [-0.39, 0.29) is 0 Å². The Kier molecular flexibility index (Phi) is 8.61. The Bertz CT molecular complexity index is 1330. The van der Waals surface area contributed by atoms with E-state index in [0.29, 0.717) is 11.4 Å². The van der Waals surface area contributed by atoms with Gasteiger partial charge in [0.2, 0.25) is 5.91 Å². The Hall–Kier alpha value is -3.77. The lowest BCUT2D eigenvalue weighted by Gasteiger charge is -2.26. The minimum atomic E-state index is -0.476. The molecule has 0 radical (unpaired) electrons. The molecule has 1 aliphatic heterocycles. The molecule has 2 N–H and O–H groups in total. The average molecular weight is 508 g/mol. The number of carbonyl (C=O) groups is 1. The van der Waals surface area contributed by atoms with Crippen LogP contribution in [0.15, 0.2) is 79.1 Å². The molecule has 2 aromatic heterocycles. The van der Waals surface area contributed by atoms with Gasteiger partial charge < -0.3 is 10.6 Å². The minimum absolute atomic E-state index is 0.445. The van der Waals surface area contributed by atoms with E-state index in [1.807, 2.05) is 48.5 Å². The van der Waals surface area contributed by atoms with Gasteiger partial charge in [0.05, 0.1) is 17.0 Å². The largest absolute Gasteiger partial charge is 0.366 e. The van der Waals surface area contributed by atoms with Crippen molar-refractivity contribution in [2.45, 2.75) is 51.4 Å². The third-order valence-electron chi connectivity index (χ3n) is 7.39. The Morgan fingerprint density at radius 1 is 0.842 bits per heavy atom. The van der Waals surface area contributed by atoms with Crippen LogP contribution in [0.1, 0.15) is 61.0 Å². The van der Waals surface area contributed by atoms with Gasteiger partial charge in [0.1, 0.15) is 5.82 Å². The van der Waals surface area contributed by atoms with Crippen LogP contribution in [-0.4, -0.2) is 45.0 Å². The van der Waals surface area contributed by atoms with Gasteiger partial charge in [-0.05, 0) is 82.1 Å². The molecule has 4 aromatic rings. The predicted octanol–water partition coefficient (Wildman–Crippen LogP) is 6.29. The van der Waals surface area contributed by atoms with Crippen molar-refractivity contribution in [2.24, 2.45) is 5.73 Å². The maximum atomic E-state index is 12.6. The van der Waals surface area contributed by atoms with E-state index in [4.69, 9.17) is 10.7 Å². The van der Waals surface area contributed by atoms with E-state index >= 15 is 0 Å². The van der Waals surface area contributed by atoms with Crippen molar-refractivity contribution in [3.8, 4) is 28.3 Å². The molecule has 196 valence electrons. The van der Waals surface area contributed by atoms with Crippen LogP contribution < -0.4 is 5.73 Å². The van der Waals surface area contributed by atoms with Gasteiger partial charge in [-0.2, -0.15) is 0 Å². The summed E-state index contributed by atoms with van der Waals surface area (Å²) in [5.74, 6) is 0.238. The number of pyridine rings is 1. The second kappa shape index (κ2) is 12.7. The zero-order valence-corrected chi connectivity index (χ0v) is 22.1. The SMILES string of the molecule is NC(=O)c1cccc(-c2ccccn2)c1-c1nc(CCCCCCN2CCCCC2)cn1-c1ccccc1. The number of nitrogens with two attached hydrogens (primary N) is 1. The van der Waals surface area contributed by atoms with Gasteiger partial charge in [0.25, 0.3) is 0 Å². The van der Waals surface area contributed by atoms with Crippen LogP contribution in [0.3, 0.4) is 0 Å². The first kappa shape index (κ1) is 25.9. The number of piperidine rings is 1. The summed E-state index contributed by atoms with van der Waals surface area (Å²) in [4.78, 5) is 24.9. The fourth-order valence-corrected chi connectivity index (χ4v) is 5.42. The number of imidazole rings is 1. The molecule has 1 fully saturated rings. The van der Waals surface area contributed by atoms with Gasteiger partial charge in [-0.3, -0.25) is 14.3 Å². The first-order valence-corrected chi connectivity index (χ1v) is 13.9. The fourth-order valence-electron chi connectivity index (χ4n) is 5.42. The van der Waals surface area contributed by atoms with Crippen LogP contribution in [0.25, 0.3) is 28.3 Å². The van der Waals surface area contributed by atoms with E-state index in [1.54, 1.807) is 12.3 Å². The summed E-state index contributed by atoms with van der Waals surface area (Å²) in [5.41, 5.74) is 10.7. The van der Waals surface area contributed by atoms with E-state index in [2.05, 4.69) is 32.8 Å². The summed E-state index contributed by atoms with van der Waals surface area (Å²) >= 11 is 0. The van der Waals surface area contributed by atoms with Gasteiger partial charge in [-0.15, -0.1) is 0 Å². The second-order valence-electron chi connectivity index (χ2n) is 10.1. The number of benzene rings is 2. The summed E-state index contributed by atoms with van der Waals surface area (Å²) in [7, 11) is 0. The van der Waals surface area contributed by atoms with Crippen LogP contribution in [0.5, 0.6) is 0 Å². The number of aryl methyl sites for hydroxylation is 1. The molecule has 0 aliphatic carbocycles. The van der Waals surface area contributed by atoms with E-state index in [0.717, 1.165) is 41.0 Å². The molecular weight excluding hydrogens is 470 g/mol. The molecule has 6 heteroatoms. The molecule has 0 spiro atoms. The van der Waals surface area contributed by atoms with Gasteiger partial charge >= 0.3 is 0 Å². The van der Waals surface area contributed by atoms with Crippen LogP contribution in [0, 0.1) is 0 Å². The highest BCUT2D eigenvalue weighted by Crippen LogP contribution is 2.35. The third-order valence-corrected chi connectivity index (χ3v) is 7.39. The van der Waals surface area contributed by atoms with Crippen molar-refractivity contribution in [1.82, 2.24) is 19.4 Å². The lowest BCUT2D eigenvalue weighted by Crippen LogP contribution is -2.30. The number of hydrogen-bond acceptors (Lipinski definition) is 4. The number of likely N-dealkylation sites (tertiary alicyclic amines) is 1. The maximum Gasteiger partial charge on any atom is 0.249 e. The lowest BCUT2D eigenvalue weighted by molar-refractivity contribution is 0.100. The van der Waals surface area contributed by atoms with Crippen molar-refractivity contribution in [2.75, 3.05) is 19.6 Å². The summed E-state index contributed by atoms with van der Waals surface area (Å²) in [6.45, 7) is 3.77. The molecule has 5 rings (SSSR count). The Labute approximate surface area is 225 Å². The molecule has 0 saturated carbocycles. The summed E-state index contributed by atoms with van der Waals surface area (Å²) in [6, 6.07) is 21.5. The van der Waals surface area contributed by atoms with Crippen LogP contribution in [-0.2, 0) is 6.42 Å². The van der Waals surface area contributed by atoms with Gasteiger partial charge in [0.15, 0.2) is 0 Å². The van der Waals surface area contributed by atoms with Gasteiger partial charge in [0, 0.05) is 29.2 Å². The van der Waals surface area contributed by atoms with Crippen molar-refractivity contribution in [3.63, 3.8) is 0 Å². The topological polar surface area (TPSA) is 77.0 Å². The quantitative estimate of drug-likeness (QED) is 0.242. The van der Waals surface area contributed by atoms with Crippen LogP contribution in [0.2, 0.25) is 0 Å². The molecule has 1 saturated heterocycles. The predicted molar refractivity (Wildman–Crippen MR) is 153 cm³/mol. The highest BCUT2D eigenvalue weighted by molar-refractivity contribution is 6.03. The Morgan fingerprint density at radius 2 is 1.63 bits per heavy atom. The molecule has 38 heavy (non-hydrogen) atoms. The van der Waals surface area contributed by atoms with E-state index in [1.165, 1.54) is 58.2 Å². The number of aromatic nitrogens is 3. The number of carbonyl (C=O) groups excluding carboxylic acids is 1. The number of amides is 1. The van der Waals surface area contributed by atoms with Crippen LogP contribution in [0.4, 0.5) is 0 Å². The first-order valence-electron chi connectivity index (χ1n) is 13.9. The first-order chi connectivity index (χ1) is 18.7. The molecule has 1 amide bonds. The monoisotopic (exact) mass is 507 g/mol. The summed E-state index contributed by atoms with van der Waals surface area (Å²) < 4.78 is 2.08. The van der Waals surface area contributed by atoms with E-state index < -0.39 is 5.91 Å².